The number of rotatable bonds is 1. The molecule has 1 fully saturated rings. The Morgan fingerprint density at radius 3 is 3.16 bits per heavy atom. The molecule has 0 saturated carbocycles. The summed E-state index contributed by atoms with van der Waals surface area (Å²) in [5.41, 5.74) is 3.14. The van der Waals surface area contributed by atoms with Crippen molar-refractivity contribution >= 4 is 5.69 Å². The van der Waals surface area contributed by atoms with Crippen molar-refractivity contribution in [3.8, 4) is 11.5 Å². The minimum atomic E-state index is 0.225. The molecular weight excluding hydrogens is 238 g/mol. The van der Waals surface area contributed by atoms with Gasteiger partial charge in [0.1, 0.15) is 23.2 Å². The predicted octanol–water partition coefficient (Wildman–Crippen LogP) is 2.38. The van der Waals surface area contributed by atoms with Crippen LogP contribution in [-0.2, 0) is 5.41 Å². The van der Waals surface area contributed by atoms with Crippen LogP contribution in [0.2, 0.25) is 0 Å². The molecule has 3 unspecified atom stereocenters. The fraction of sp³-hybridized carbons (Fsp3) is 0.500. The summed E-state index contributed by atoms with van der Waals surface area (Å²) in [5.74, 6) is 1.93. The Morgan fingerprint density at radius 1 is 1.42 bits per heavy atom. The number of benzene rings is 1. The number of hydrogen-bond donors (Lipinski definition) is 0. The molecule has 2 bridgehead atoms. The lowest BCUT2D eigenvalue weighted by molar-refractivity contribution is 0.128. The Balaban J connectivity index is 1.91. The van der Waals surface area contributed by atoms with Gasteiger partial charge in [0.2, 0.25) is 0 Å². The van der Waals surface area contributed by atoms with Gasteiger partial charge in [0.15, 0.2) is 11.5 Å². The highest BCUT2D eigenvalue weighted by atomic mass is 16.5. The predicted molar refractivity (Wildman–Crippen MR) is 73.8 cm³/mol. The van der Waals surface area contributed by atoms with Gasteiger partial charge in [-0.2, -0.15) is 0 Å². The fourth-order valence-electron chi connectivity index (χ4n) is 5.17. The summed E-state index contributed by atoms with van der Waals surface area (Å²) in [6, 6.07) is 4.91. The van der Waals surface area contributed by atoms with Crippen molar-refractivity contribution in [2.45, 2.75) is 30.4 Å². The van der Waals surface area contributed by atoms with Crippen LogP contribution in [0.15, 0.2) is 24.3 Å². The zero-order valence-electron chi connectivity index (χ0n) is 11.3. The van der Waals surface area contributed by atoms with E-state index in [2.05, 4.69) is 31.3 Å². The van der Waals surface area contributed by atoms with Gasteiger partial charge in [0.25, 0.3) is 0 Å². The summed E-state index contributed by atoms with van der Waals surface area (Å²) in [7, 11) is 4.12. The van der Waals surface area contributed by atoms with Gasteiger partial charge in [-0.15, -0.1) is 0 Å². The van der Waals surface area contributed by atoms with Gasteiger partial charge < -0.3 is 9.47 Å². The second-order valence-electron chi connectivity index (χ2n) is 6.49. The standard InChI is InChI=1S/C16H18NO2/c1-17-9-8-16-12(17)4-3-5-13(16)19-15-11(18-2)7-6-10(17)14(15)16/h3-4,6-7,12-13H,5,8-9H2,1-2H3/q+1/t12?,13-,16?,17?/m0/s1. The van der Waals surface area contributed by atoms with Crippen LogP contribution in [-0.4, -0.2) is 32.8 Å². The van der Waals surface area contributed by atoms with Crippen LogP contribution in [0.5, 0.6) is 11.5 Å². The van der Waals surface area contributed by atoms with Crippen LogP contribution in [0.25, 0.3) is 0 Å². The molecule has 0 radical (unpaired) electrons. The minimum Gasteiger partial charge on any atom is -0.493 e. The Bertz CT molecular complexity index is 638. The first-order valence-electron chi connectivity index (χ1n) is 7.12. The summed E-state index contributed by atoms with van der Waals surface area (Å²) in [4.78, 5) is 0. The monoisotopic (exact) mass is 256 g/mol. The van der Waals surface area contributed by atoms with E-state index in [4.69, 9.17) is 9.47 Å². The lowest BCUT2D eigenvalue weighted by atomic mass is 9.69. The van der Waals surface area contributed by atoms with Crippen LogP contribution >= 0.6 is 0 Å². The Hall–Kier alpha value is -1.48. The number of fused-ring (bicyclic) bond motifs is 1. The molecule has 4 atom stereocenters. The highest BCUT2D eigenvalue weighted by Crippen LogP contribution is 2.67. The molecule has 5 rings (SSSR count). The van der Waals surface area contributed by atoms with Gasteiger partial charge in [-0.1, -0.05) is 6.08 Å². The third-order valence-corrected chi connectivity index (χ3v) is 5.97. The maximum absolute atomic E-state index is 6.32. The second-order valence-corrected chi connectivity index (χ2v) is 6.49. The number of quaternary nitrogens is 1. The largest absolute Gasteiger partial charge is 0.493 e. The van der Waals surface area contributed by atoms with Crippen molar-refractivity contribution in [2.75, 3.05) is 20.7 Å². The summed E-state index contributed by atoms with van der Waals surface area (Å²) in [6.07, 6.45) is 7.35. The zero-order chi connectivity index (χ0) is 12.8. The maximum atomic E-state index is 6.32. The summed E-state index contributed by atoms with van der Waals surface area (Å²) in [5, 5.41) is 0. The first-order valence-corrected chi connectivity index (χ1v) is 7.12. The van der Waals surface area contributed by atoms with Crippen molar-refractivity contribution in [1.29, 1.82) is 0 Å². The first-order chi connectivity index (χ1) is 9.22. The van der Waals surface area contributed by atoms with Crippen LogP contribution in [0.4, 0.5) is 5.69 Å². The Kier molecular flexibility index (Phi) is 1.54. The number of ether oxygens (including phenoxy) is 2. The minimum absolute atomic E-state index is 0.225. The first kappa shape index (κ1) is 10.3. The topological polar surface area (TPSA) is 18.5 Å². The van der Waals surface area contributed by atoms with Gasteiger partial charge in [0.05, 0.1) is 26.3 Å². The third kappa shape index (κ3) is 0.837. The molecular formula is C16H18NO2+. The molecule has 0 N–H and O–H groups in total. The van der Waals surface area contributed by atoms with E-state index in [9.17, 15) is 0 Å². The van der Waals surface area contributed by atoms with E-state index in [1.54, 1.807) is 7.11 Å². The smallest absolute Gasteiger partial charge is 0.171 e. The molecule has 1 aromatic rings. The van der Waals surface area contributed by atoms with Crippen molar-refractivity contribution in [3.05, 3.63) is 29.8 Å². The number of methoxy groups -OCH3 is 1. The average molecular weight is 256 g/mol. The molecule has 98 valence electrons. The molecule has 3 heterocycles. The third-order valence-electron chi connectivity index (χ3n) is 5.97. The van der Waals surface area contributed by atoms with Crippen LogP contribution in [0, 0.1) is 0 Å². The van der Waals surface area contributed by atoms with Gasteiger partial charge in [-0.3, -0.25) is 4.48 Å². The van der Waals surface area contributed by atoms with Gasteiger partial charge in [0, 0.05) is 18.9 Å². The number of nitrogens with zero attached hydrogens (tertiary/aromatic N) is 1. The normalized spacial score (nSPS) is 43.3. The average Bonchev–Trinajstić information content (AvgIpc) is 3.00. The molecule has 1 aromatic carbocycles. The van der Waals surface area contributed by atoms with E-state index < -0.39 is 0 Å². The number of likely N-dealkylation sites (N-methyl/N-ethyl adjacent to an activating group) is 1. The van der Waals surface area contributed by atoms with Crippen molar-refractivity contribution < 1.29 is 9.47 Å². The Morgan fingerprint density at radius 2 is 2.32 bits per heavy atom. The molecule has 3 nitrogen and oxygen atoms in total. The molecule has 3 aliphatic heterocycles. The van der Waals surface area contributed by atoms with Crippen molar-refractivity contribution in [3.63, 3.8) is 0 Å². The summed E-state index contributed by atoms with van der Waals surface area (Å²) in [6.45, 7) is 1.23. The molecule has 4 aliphatic rings. The zero-order valence-corrected chi connectivity index (χ0v) is 11.3. The van der Waals surface area contributed by atoms with E-state index in [1.165, 1.54) is 24.2 Å². The van der Waals surface area contributed by atoms with Crippen LogP contribution in [0.1, 0.15) is 18.4 Å². The van der Waals surface area contributed by atoms with Crippen molar-refractivity contribution in [1.82, 2.24) is 4.48 Å². The van der Waals surface area contributed by atoms with Crippen molar-refractivity contribution in [2.24, 2.45) is 0 Å². The van der Waals surface area contributed by atoms with Crippen LogP contribution in [0.3, 0.4) is 0 Å². The molecule has 1 spiro atoms. The van der Waals surface area contributed by atoms with Crippen LogP contribution < -0.4 is 14.0 Å². The fourth-order valence-corrected chi connectivity index (χ4v) is 5.17. The Labute approximate surface area is 113 Å². The highest BCUT2D eigenvalue weighted by molar-refractivity contribution is 5.75. The molecule has 1 aliphatic carbocycles. The van der Waals surface area contributed by atoms with Gasteiger partial charge >= 0.3 is 0 Å². The molecule has 3 heteroatoms. The van der Waals surface area contributed by atoms with Gasteiger partial charge in [-0.05, 0) is 12.1 Å². The van der Waals surface area contributed by atoms with Gasteiger partial charge in [-0.25, -0.2) is 0 Å². The van der Waals surface area contributed by atoms with E-state index >= 15 is 0 Å². The maximum Gasteiger partial charge on any atom is 0.171 e. The number of hydrogen-bond acceptors (Lipinski definition) is 2. The molecule has 0 aromatic heterocycles. The highest BCUT2D eigenvalue weighted by Gasteiger charge is 2.73. The molecule has 0 amide bonds. The summed E-state index contributed by atoms with van der Waals surface area (Å²) < 4.78 is 12.9. The quantitative estimate of drug-likeness (QED) is 0.567. The van der Waals surface area contributed by atoms with E-state index in [0.717, 1.165) is 22.4 Å². The summed E-state index contributed by atoms with van der Waals surface area (Å²) >= 11 is 0. The SMILES string of the molecule is COc1ccc2c3c1O[C@H]1CC=CC4C31CC[N+]24C. The second kappa shape index (κ2) is 2.83. The lowest BCUT2D eigenvalue weighted by Gasteiger charge is -2.36. The molecule has 1 saturated heterocycles. The molecule has 19 heavy (non-hydrogen) atoms. The van der Waals surface area contributed by atoms with E-state index in [0.29, 0.717) is 12.1 Å². The lowest BCUT2D eigenvalue weighted by Crippen LogP contribution is -2.53. The van der Waals surface area contributed by atoms with E-state index in [1.807, 2.05) is 0 Å². The van der Waals surface area contributed by atoms with E-state index in [-0.39, 0.29) is 5.41 Å².